The molecule has 2 aromatic carbocycles. The Bertz CT molecular complexity index is 1160. The van der Waals surface area contributed by atoms with Crippen LogP contribution in [-0.4, -0.2) is 35.7 Å². The number of aryl methyl sites for hydroxylation is 1. The number of amides is 3. The van der Waals surface area contributed by atoms with Gasteiger partial charge in [0.05, 0.1) is 10.8 Å². The summed E-state index contributed by atoms with van der Waals surface area (Å²) in [6, 6.07) is 16.8. The van der Waals surface area contributed by atoms with Gasteiger partial charge in [0, 0.05) is 23.5 Å². The van der Waals surface area contributed by atoms with Crippen LogP contribution in [0.25, 0.3) is 10.4 Å². The normalized spacial score (nSPS) is 15.7. The Kier molecular flexibility index (Phi) is 6.84. The number of hydrazine groups is 1. The molecule has 1 saturated heterocycles. The molecule has 1 aliphatic rings. The highest BCUT2D eigenvalue weighted by molar-refractivity contribution is 7.17. The van der Waals surface area contributed by atoms with Gasteiger partial charge < -0.3 is 4.90 Å². The van der Waals surface area contributed by atoms with Gasteiger partial charge in [-0.2, -0.15) is 0 Å². The van der Waals surface area contributed by atoms with E-state index in [2.05, 4.69) is 10.9 Å². The SMILES string of the molecule is Cc1ccc(C(=O)N2CCCC(C(=O)NNC(=O)c3ccc(-c4ccc(F)cc4)s3)C2)cc1. The fraction of sp³-hybridized carbons (Fsp3) is 0.240. The molecule has 3 amide bonds. The largest absolute Gasteiger partial charge is 0.338 e. The number of hydrogen-bond donors (Lipinski definition) is 2. The van der Waals surface area contributed by atoms with Crippen LogP contribution in [0.2, 0.25) is 0 Å². The molecule has 2 N–H and O–H groups in total. The Hall–Kier alpha value is -3.52. The van der Waals surface area contributed by atoms with E-state index in [1.165, 1.54) is 23.5 Å². The molecule has 3 aromatic rings. The number of rotatable bonds is 4. The van der Waals surface area contributed by atoms with Gasteiger partial charge in [0.1, 0.15) is 5.82 Å². The highest BCUT2D eigenvalue weighted by Crippen LogP contribution is 2.28. The van der Waals surface area contributed by atoms with Crippen LogP contribution < -0.4 is 10.9 Å². The summed E-state index contributed by atoms with van der Waals surface area (Å²) in [6.07, 6.45) is 1.36. The molecule has 4 rings (SSSR count). The van der Waals surface area contributed by atoms with Gasteiger partial charge in [-0.15, -0.1) is 11.3 Å². The third-order valence-corrected chi connectivity index (χ3v) is 6.77. The van der Waals surface area contributed by atoms with Crippen molar-refractivity contribution in [1.29, 1.82) is 0 Å². The Morgan fingerprint density at radius 2 is 1.70 bits per heavy atom. The van der Waals surface area contributed by atoms with Gasteiger partial charge in [-0.3, -0.25) is 25.2 Å². The number of carbonyl (C=O) groups is 3. The molecule has 1 aromatic heterocycles. The molecule has 1 fully saturated rings. The van der Waals surface area contributed by atoms with E-state index in [-0.39, 0.29) is 17.6 Å². The van der Waals surface area contributed by atoms with Crippen LogP contribution in [0.15, 0.2) is 60.7 Å². The number of thiophene rings is 1. The molecule has 0 spiro atoms. The lowest BCUT2D eigenvalue weighted by atomic mass is 9.96. The minimum atomic E-state index is -0.426. The predicted molar refractivity (Wildman–Crippen MR) is 125 cm³/mol. The van der Waals surface area contributed by atoms with Crippen LogP contribution >= 0.6 is 11.3 Å². The molecule has 2 heterocycles. The fourth-order valence-electron chi connectivity index (χ4n) is 3.77. The summed E-state index contributed by atoms with van der Waals surface area (Å²) in [6.45, 7) is 2.87. The number of likely N-dealkylation sites (tertiary alicyclic amines) is 1. The second-order valence-electron chi connectivity index (χ2n) is 8.07. The van der Waals surface area contributed by atoms with Gasteiger partial charge in [-0.1, -0.05) is 29.8 Å². The maximum atomic E-state index is 13.1. The lowest BCUT2D eigenvalue weighted by molar-refractivity contribution is -0.127. The quantitative estimate of drug-likeness (QED) is 0.568. The Balaban J connectivity index is 1.32. The van der Waals surface area contributed by atoms with Crippen LogP contribution in [0.3, 0.4) is 0 Å². The average Bonchev–Trinajstić information content (AvgIpc) is 3.33. The Morgan fingerprint density at radius 3 is 2.42 bits per heavy atom. The van der Waals surface area contributed by atoms with Gasteiger partial charge in [0.25, 0.3) is 11.8 Å². The van der Waals surface area contributed by atoms with Crippen molar-refractivity contribution in [1.82, 2.24) is 15.8 Å². The van der Waals surface area contributed by atoms with E-state index in [9.17, 15) is 18.8 Å². The maximum Gasteiger partial charge on any atom is 0.279 e. The smallest absolute Gasteiger partial charge is 0.279 e. The van der Waals surface area contributed by atoms with Crippen molar-refractivity contribution >= 4 is 29.1 Å². The monoisotopic (exact) mass is 465 g/mol. The van der Waals surface area contributed by atoms with Crippen LogP contribution in [-0.2, 0) is 4.79 Å². The Morgan fingerprint density at radius 1 is 0.970 bits per heavy atom. The highest BCUT2D eigenvalue weighted by Gasteiger charge is 2.29. The lowest BCUT2D eigenvalue weighted by Crippen LogP contribution is -2.49. The fourth-order valence-corrected chi connectivity index (χ4v) is 4.67. The summed E-state index contributed by atoms with van der Waals surface area (Å²) >= 11 is 1.25. The van der Waals surface area contributed by atoms with Crippen molar-refractivity contribution in [2.45, 2.75) is 19.8 Å². The number of carbonyl (C=O) groups excluding carboxylic acids is 3. The third-order valence-electron chi connectivity index (χ3n) is 5.64. The zero-order valence-corrected chi connectivity index (χ0v) is 19.0. The molecule has 0 saturated carbocycles. The molecule has 6 nitrogen and oxygen atoms in total. The summed E-state index contributed by atoms with van der Waals surface area (Å²) in [7, 11) is 0. The van der Waals surface area contributed by atoms with Gasteiger partial charge in [0.15, 0.2) is 0 Å². The lowest BCUT2D eigenvalue weighted by Gasteiger charge is -2.32. The first-order chi connectivity index (χ1) is 15.9. The molecule has 1 aliphatic heterocycles. The van der Waals surface area contributed by atoms with Crippen LogP contribution in [0.4, 0.5) is 4.39 Å². The maximum absolute atomic E-state index is 13.1. The molecule has 8 heteroatoms. The van der Waals surface area contributed by atoms with Crippen molar-refractivity contribution < 1.29 is 18.8 Å². The summed E-state index contributed by atoms with van der Waals surface area (Å²) in [5, 5.41) is 0. The number of halogens is 1. The van der Waals surface area contributed by atoms with E-state index < -0.39 is 11.8 Å². The molecule has 0 aliphatic carbocycles. The van der Waals surface area contributed by atoms with E-state index in [0.29, 0.717) is 30.0 Å². The molecule has 33 heavy (non-hydrogen) atoms. The zero-order chi connectivity index (χ0) is 23.4. The predicted octanol–water partition coefficient (Wildman–Crippen LogP) is 4.18. The topological polar surface area (TPSA) is 78.5 Å². The van der Waals surface area contributed by atoms with E-state index in [1.54, 1.807) is 41.3 Å². The second kappa shape index (κ2) is 9.95. The molecular weight excluding hydrogens is 441 g/mol. The summed E-state index contributed by atoms with van der Waals surface area (Å²) in [5.41, 5.74) is 7.44. The number of nitrogens with one attached hydrogen (secondary N) is 2. The van der Waals surface area contributed by atoms with E-state index in [0.717, 1.165) is 22.4 Å². The molecule has 0 radical (unpaired) electrons. The van der Waals surface area contributed by atoms with Crippen molar-refractivity contribution in [3.05, 3.63) is 82.5 Å². The number of nitrogens with zero attached hydrogens (tertiary/aromatic N) is 1. The van der Waals surface area contributed by atoms with E-state index >= 15 is 0 Å². The standard InChI is InChI=1S/C25H24FN3O3S/c1-16-4-6-18(7-5-16)25(32)29-14-2-3-19(15-29)23(30)27-28-24(31)22-13-12-21(33-22)17-8-10-20(26)11-9-17/h4-13,19H,2-3,14-15H2,1H3,(H,27,30)(H,28,31). The van der Waals surface area contributed by atoms with Gasteiger partial charge >= 0.3 is 0 Å². The first-order valence-electron chi connectivity index (χ1n) is 10.7. The van der Waals surface area contributed by atoms with E-state index in [4.69, 9.17) is 0 Å². The van der Waals surface area contributed by atoms with Crippen molar-refractivity contribution in [3.63, 3.8) is 0 Å². The molecule has 1 atom stereocenters. The van der Waals surface area contributed by atoms with Crippen LogP contribution in [0.1, 0.15) is 38.4 Å². The molecule has 0 bridgehead atoms. The molecule has 1 unspecified atom stereocenters. The first-order valence-corrected chi connectivity index (χ1v) is 11.5. The molecular formula is C25H24FN3O3S. The van der Waals surface area contributed by atoms with Gasteiger partial charge in [-0.05, 0) is 61.7 Å². The van der Waals surface area contributed by atoms with Crippen molar-refractivity contribution in [3.8, 4) is 10.4 Å². The highest BCUT2D eigenvalue weighted by atomic mass is 32.1. The van der Waals surface area contributed by atoms with Gasteiger partial charge in [0.2, 0.25) is 5.91 Å². The average molecular weight is 466 g/mol. The number of benzene rings is 2. The Labute approximate surface area is 195 Å². The molecule has 170 valence electrons. The summed E-state index contributed by atoms with van der Waals surface area (Å²) in [4.78, 5) is 40.8. The number of piperidine rings is 1. The third kappa shape index (κ3) is 5.46. The first kappa shape index (κ1) is 22.7. The second-order valence-corrected chi connectivity index (χ2v) is 9.15. The van der Waals surface area contributed by atoms with E-state index in [1.807, 2.05) is 19.1 Å². The summed E-state index contributed by atoms with van der Waals surface area (Å²) in [5.74, 6) is -1.56. The van der Waals surface area contributed by atoms with Crippen LogP contribution in [0.5, 0.6) is 0 Å². The summed E-state index contributed by atoms with van der Waals surface area (Å²) < 4.78 is 13.1. The van der Waals surface area contributed by atoms with Gasteiger partial charge in [-0.25, -0.2) is 4.39 Å². The minimum absolute atomic E-state index is 0.0940. The number of hydrogen-bond acceptors (Lipinski definition) is 4. The zero-order valence-electron chi connectivity index (χ0n) is 18.1. The van der Waals surface area contributed by atoms with Crippen molar-refractivity contribution in [2.75, 3.05) is 13.1 Å². The van der Waals surface area contributed by atoms with Crippen molar-refractivity contribution in [2.24, 2.45) is 5.92 Å². The minimum Gasteiger partial charge on any atom is -0.338 e. The van der Waals surface area contributed by atoms with Crippen LogP contribution in [0, 0.1) is 18.7 Å².